The van der Waals surface area contributed by atoms with Crippen molar-refractivity contribution in [3.05, 3.63) is 96.4 Å². The summed E-state index contributed by atoms with van der Waals surface area (Å²) in [5, 5.41) is 2.18. The Balaban J connectivity index is 1.90. The average molecular weight is 312 g/mol. The predicted molar refractivity (Wildman–Crippen MR) is 101 cm³/mol. The summed E-state index contributed by atoms with van der Waals surface area (Å²) in [5.41, 5.74) is 6.42. The molecule has 1 heteroatoms. The van der Waals surface area contributed by atoms with Crippen LogP contribution in [0.15, 0.2) is 96.4 Å². The van der Waals surface area contributed by atoms with E-state index in [1.54, 1.807) is 11.3 Å². The van der Waals surface area contributed by atoms with Crippen LogP contribution in [0.25, 0.3) is 32.7 Å². The first kappa shape index (κ1) is 14.0. The van der Waals surface area contributed by atoms with E-state index in [-0.39, 0.29) is 0 Å². The van der Waals surface area contributed by atoms with Gasteiger partial charge in [0.1, 0.15) is 0 Å². The van der Waals surface area contributed by atoms with Gasteiger partial charge >= 0.3 is 0 Å². The maximum Gasteiger partial charge on any atom is 0.0427 e. The molecule has 0 aliphatic carbocycles. The second kappa shape index (κ2) is 6.23. The minimum absolute atomic E-state index is 1.26. The second-order valence-corrected chi connectivity index (χ2v) is 6.36. The third-order valence-corrected chi connectivity index (χ3v) is 4.95. The maximum absolute atomic E-state index is 2.22. The summed E-state index contributed by atoms with van der Waals surface area (Å²) >= 11 is 1.81. The lowest BCUT2D eigenvalue weighted by molar-refractivity contribution is 1.61. The summed E-state index contributed by atoms with van der Waals surface area (Å²) in [4.78, 5) is 1.33. The van der Waals surface area contributed by atoms with Crippen LogP contribution in [0.5, 0.6) is 0 Å². The van der Waals surface area contributed by atoms with Crippen LogP contribution in [0.4, 0.5) is 0 Å². The molecule has 0 unspecified atom stereocenters. The first-order valence-electron chi connectivity index (χ1n) is 7.71. The smallest absolute Gasteiger partial charge is 0.0427 e. The minimum atomic E-state index is 1.26. The Morgan fingerprint density at radius 3 is 1.61 bits per heavy atom. The highest BCUT2D eigenvalue weighted by Gasteiger charge is 2.13. The van der Waals surface area contributed by atoms with Crippen LogP contribution in [0.2, 0.25) is 0 Å². The standard InChI is InChI=1S/C22H16S/c1-3-9-17(10-4-1)19-13-7-8-14-21(19)22-20(15-16-23-22)18-11-5-2-6-12-18/h1-16H. The van der Waals surface area contributed by atoms with E-state index in [0.717, 1.165) is 0 Å². The molecule has 0 aliphatic rings. The van der Waals surface area contributed by atoms with E-state index >= 15 is 0 Å². The summed E-state index contributed by atoms with van der Waals surface area (Å²) in [6.07, 6.45) is 0. The molecule has 0 amide bonds. The molecule has 0 bridgehead atoms. The highest BCUT2D eigenvalue weighted by Crippen LogP contribution is 2.41. The van der Waals surface area contributed by atoms with E-state index in [1.165, 1.54) is 32.7 Å². The third kappa shape index (κ3) is 2.71. The van der Waals surface area contributed by atoms with E-state index in [0.29, 0.717) is 0 Å². The topological polar surface area (TPSA) is 0 Å². The van der Waals surface area contributed by atoms with Crippen molar-refractivity contribution in [1.82, 2.24) is 0 Å². The van der Waals surface area contributed by atoms with Crippen LogP contribution in [-0.4, -0.2) is 0 Å². The molecule has 0 spiro atoms. The van der Waals surface area contributed by atoms with Gasteiger partial charge in [-0.2, -0.15) is 0 Å². The first-order valence-corrected chi connectivity index (χ1v) is 8.59. The molecule has 0 radical (unpaired) electrons. The van der Waals surface area contributed by atoms with E-state index in [9.17, 15) is 0 Å². The van der Waals surface area contributed by atoms with Crippen molar-refractivity contribution in [1.29, 1.82) is 0 Å². The summed E-state index contributed by atoms with van der Waals surface area (Å²) < 4.78 is 0. The number of thiophene rings is 1. The molecule has 1 heterocycles. The van der Waals surface area contributed by atoms with Crippen LogP contribution >= 0.6 is 11.3 Å². The Labute approximate surface area is 140 Å². The van der Waals surface area contributed by atoms with Gasteiger partial charge < -0.3 is 0 Å². The van der Waals surface area contributed by atoms with Crippen molar-refractivity contribution in [3.8, 4) is 32.7 Å². The van der Waals surface area contributed by atoms with Crippen LogP contribution < -0.4 is 0 Å². The highest BCUT2D eigenvalue weighted by molar-refractivity contribution is 7.14. The van der Waals surface area contributed by atoms with Gasteiger partial charge in [-0.25, -0.2) is 0 Å². The molecule has 0 saturated carbocycles. The minimum Gasteiger partial charge on any atom is -0.143 e. The van der Waals surface area contributed by atoms with E-state index < -0.39 is 0 Å². The quantitative estimate of drug-likeness (QED) is 0.392. The third-order valence-electron chi connectivity index (χ3n) is 4.01. The molecule has 3 aromatic carbocycles. The Bertz CT molecular complexity index is 905. The summed E-state index contributed by atoms with van der Waals surface area (Å²) in [6.45, 7) is 0. The van der Waals surface area contributed by atoms with Gasteiger partial charge in [-0.3, -0.25) is 0 Å². The molecule has 4 aromatic rings. The Kier molecular flexibility index (Phi) is 3.79. The van der Waals surface area contributed by atoms with Crippen molar-refractivity contribution >= 4 is 11.3 Å². The Morgan fingerprint density at radius 2 is 0.957 bits per heavy atom. The van der Waals surface area contributed by atoms with Gasteiger partial charge in [0.05, 0.1) is 0 Å². The average Bonchev–Trinajstić information content (AvgIpc) is 3.13. The maximum atomic E-state index is 2.22. The van der Waals surface area contributed by atoms with Crippen molar-refractivity contribution in [2.24, 2.45) is 0 Å². The van der Waals surface area contributed by atoms with Gasteiger partial charge in [0, 0.05) is 16.0 Å². The number of benzene rings is 3. The van der Waals surface area contributed by atoms with Crippen molar-refractivity contribution in [2.75, 3.05) is 0 Å². The highest BCUT2D eigenvalue weighted by atomic mass is 32.1. The lowest BCUT2D eigenvalue weighted by atomic mass is 9.95. The zero-order valence-corrected chi connectivity index (χ0v) is 13.5. The van der Waals surface area contributed by atoms with Crippen molar-refractivity contribution in [2.45, 2.75) is 0 Å². The van der Waals surface area contributed by atoms with E-state index in [2.05, 4.69) is 96.4 Å². The summed E-state index contributed by atoms with van der Waals surface area (Å²) in [6, 6.07) is 32.1. The van der Waals surface area contributed by atoms with Crippen molar-refractivity contribution < 1.29 is 0 Å². The zero-order chi connectivity index (χ0) is 15.5. The molecule has 110 valence electrons. The van der Waals surface area contributed by atoms with Gasteiger partial charge in [0.25, 0.3) is 0 Å². The lowest BCUT2D eigenvalue weighted by Crippen LogP contribution is -1.84. The molecule has 0 saturated heterocycles. The van der Waals surface area contributed by atoms with Gasteiger partial charge in [-0.1, -0.05) is 84.9 Å². The van der Waals surface area contributed by atoms with Crippen LogP contribution in [-0.2, 0) is 0 Å². The van der Waals surface area contributed by atoms with Gasteiger partial charge in [-0.05, 0) is 28.1 Å². The molecule has 4 rings (SSSR count). The number of hydrogen-bond donors (Lipinski definition) is 0. The largest absolute Gasteiger partial charge is 0.143 e. The summed E-state index contributed by atoms with van der Waals surface area (Å²) in [7, 11) is 0. The van der Waals surface area contributed by atoms with Gasteiger partial charge in [0.2, 0.25) is 0 Å². The van der Waals surface area contributed by atoms with E-state index in [4.69, 9.17) is 0 Å². The molecule has 0 fully saturated rings. The molecular formula is C22H16S. The Morgan fingerprint density at radius 1 is 0.435 bits per heavy atom. The van der Waals surface area contributed by atoms with E-state index in [1.807, 2.05) is 0 Å². The monoisotopic (exact) mass is 312 g/mol. The fourth-order valence-electron chi connectivity index (χ4n) is 2.91. The number of rotatable bonds is 3. The fraction of sp³-hybridized carbons (Fsp3) is 0. The zero-order valence-electron chi connectivity index (χ0n) is 12.6. The second-order valence-electron chi connectivity index (χ2n) is 5.44. The normalized spacial score (nSPS) is 10.6. The molecule has 1 aromatic heterocycles. The Hall–Kier alpha value is -2.64. The summed E-state index contributed by atoms with van der Waals surface area (Å²) in [5.74, 6) is 0. The van der Waals surface area contributed by atoms with Crippen LogP contribution in [0.1, 0.15) is 0 Å². The van der Waals surface area contributed by atoms with Crippen molar-refractivity contribution in [3.63, 3.8) is 0 Å². The SMILES string of the molecule is c1ccc(-c2ccccc2-c2sccc2-c2ccccc2)cc1. The first-order chi connectivity index (χ1) is 11.4. The van der Waals surface area contributed by atoms with Crippen LogP contribution in [0, 0.1) is 0 Å². The molecule has 0 N–H and O–H groups in total. The number of hydrogen-bond acceptors (Lipinski definition) is 1. The molecule has 23 heavy (non-hydrogen) atoms. The lowest BCUT2D eigenvalue weighted by Gasteiger charge is -2.11. The predicted octanol–water partition coefficient (Wildman–Crippen LogP) is 6.75. The molecule has 0 nitrogen and oxygen atoms in total. The van der Waals surface area contributed by atoms with Crippen LogP contribution in [0.3, 0.4) is 0 Å². The molecular weight excluding hydrogens is 296 g/mol. The molecule has 0 atom stereocenters. The molecule has 0 aliphatic heterocycles. The van der Waals surface area contributed by atoms with Gasteiger partial charge in [-0.15, -0.1) is 11.3 Å². The van der Waals surface area contributed by atoms with Gasteiger partial charge in [0.15, 0.2) is 0 Å². The fourth-order valence-corrected chi connectivity index (χ4v) is 3.87.